The zero-order valence-corrected chi connectivity index (χ0v) is 11.7. The molecule has 1 saturated heterocycles. The summed E-state index contributed by atoms with van der Waals surface area (Å²) in [6.45, 7) is 4.88. The van der Waals surface area contributed by atoms with E-state index in [0.717, 1.165) is 0 Å². The highest BCUT2D eigenvalue weighted by molar-refractivity contribution is 7.51. The zero-order chi connectivity index (χ0) is 13.8. The summed E-state index contributed by atoms with van der Waals surface area (Å²) < 4.78 is 16.1. The third-order valence-electron chi connectivity index (χ3n) is 2.85. The van der Waals surface area contributed by atoms with Crippen molar-refractivity contribution in [2.24, 2.45) is 11.8 Å². The molecule has 1 fully saturated rings. The second-order valence-corrected chi connectivity index (χ2v) is 6.96. The predicted octanol–water partition coefficient (Wildman–Crippen LogP) is 0.732. The summed E-state index contributed by atoms with van der Waals surface area (Å²) in [6, 6.07) is -0.436. The Bertz CT molecular complexity index is 327. The van der Waals surface area contributed by atoms with Crippen molar-refractivity contribution in [3.8, 4) is 0 Å². The lowest BCUT2D eigenvalue weighted by atomic mass is 9.94. The van der Waals surface area contributed by atoms with Crippen LogP contribution in [0.2, 0.25) is 0 Å². The highest BCUT2D eigenvalue weighted by atomic mass is 31.2. The fourth-order valence-electron chi connectivity index (χ4n) is 2.03. The molecule has 1 aliphatic heterocycles. The molecular formula is C11H22NO5P. The fourth-order valence-corrected chi connectivity index (χ4v) is 3.03. The molecule has 6 nitrogen and oxygen atoms in total. The summed E-state index contributed by atoms with van der Waals surface area (Å²) in [6.07, 6.45) is 0.962. The lowest BCUT2D eigenvalue weighted by Crippen LogP contribution is -2.45. The minimum Gasteiger partial charge on any atom is -0.464 e. The number of piperidine rings is 1. The van der Waals surface area contributed by atoms with Gasteiger partial charge in [0, 0.05) is 0 Å². The summed E-state index contributed by atoms with van der Waals surface area (Å²) in [4.78, 5) is 29.6. The summed E-state index contributed by atoms with van der Waals surface area (Å²) in [5, 5.41) is 3.03. The largest absolute Gasteiger partial charge is 0.464 e. The maximum absolute atomic E-state index is 11.7. The Morgan fingerprint density at radius 2 is 2.17 bits per heavy atom. The van der Waals surface area contributed by atoms with Crippen molar-refractivity contribution in [2.45, 2.75) is 32.7 Å². The Morgan fingerprint density at radius 3 is 2.72 bits per heavy atom. The van der Waals surface area contributed by atoms with E-state index in [1.54, 1.807) is 0 Å². The molecule has 0 amide bonds. The van der Waals surface area contributed by atoms with Crippen LogP contribution in [-0.2, 0) is 14.1 Å². The van der Waals surface area contributed by atoms with Crippen molar-refractivity contribution in [2.75, 3.05) is 19.3 Å². The molecule has 0 saturated carbocycles. The molecule has 2 unspecified atom stereocenters. The molecule has 0 spiro atoms. The minimum absolute atomic E-state index is 0.122. The van der Waals surface area contributed by atoms with E-state index in [4.69, 9.17) is 14.5 Å². The SMILES string of the molecule is CC(C)COC(=O)C1CC(CP(=O)(O)O)CCN1. The molecular weight excluding hydrogens is 257 g/mol. The molecule has 1 aliphatic rings. The van der Waals surface area contributed by atoms with Gasteiger partial charge in [0.1, 0.15) is 6.04 Å². The highest BCUT2D eigenvalue weighted by Crippen LogP contribution is 2.39. The highest BCUT2D eigenvalue weighted by Gasteiger charge is 2.31. The first-order valence-electron chi connectivity index (χ1n) is 6.22. The van der Waals surface area contributed by atoms with E-state index in [9.17, 15) is 9.36 Å². The van der Waals surface area contributed by atoms with E-state index < -0.39 is 13.6 Å². The first kappa shape index (κ1) is 15.6. The van der Waals surface area contributed by atoms with Crippen LogP contribution in [0.5, 0.6) is 0 Å². The quantitative estimate of drug-likeness (QED) is 0.507. The maximum atomic E-state index is 11.7. The van der Waals surface area contributed by atoms with Crippen LogP contribution < -0.4 is 5.32 Å². The first-order chi connectivity index (χ1) is 8.28. The van der Waals surface area contributed by atoms with E-state index in [-0.39, 0.29) is 24.0 Å². The number of hydrogen-bond acceptors (Lipinski definition) is 4. The van der Waals surface area contributed by atoms with Crippen LogP contribution in [0.1, 0.15) is 26.7 Å². The number of hydrogen-bond donors (Lipinski definition) is 3. The second kappa shape index (κ2) is 6.66. The van der Waals surface area contributed by atoms with Gasteiger partial charge >= 0.3 is 13.6 Å². The van der Waals surface area contributed by atoms with E-state index in [0.29, 0.717) is 26.0 Å². The van der Waals surface area contributed by atoms with Gasteiger partial charge in [-0.2, -0.15) is 0 Å². The van der Waals surface area contributed by atoms with Gasteiger partial charge in [-0.25, -0.2) is 0 Å². The number of ether oxygens (including phenoxy) is 1. The number of esters is 1. The van der Waals surface area contributed by atoms with E-state index >= 15 is 0 Å². The predicted molar refractivity (Wildman–Crippen MR) is 67.2 cm³/mol. The van der Waals surface area contributed by atoms with Gasteiger partial charge in [0.15, 0.2) is 0 Å². The number of nitrogens with one attached hydrogen (secondary N) is 1. The molecule has 0 aliphatic carbocycles. The van der Waals surface area contributed by atoms with Gasteiger partial charge in [-0.15, -0.1) is 0 Å². The van der Waals surface area contributed by atoms with Crippen molar-refractivity contribution >= 4 is 13.6 Å². The van der Waals surface area contributed by atoms with Gasteiger partial charge in [-0.1, -0.05) is 13.8 Å². The van der Waals surface area contributed by atoms with Crippen LogP contribution in [0.4, 0.5) is 0 Å². The maximum Gasteiger partial charge on any atom is 0.325 e. The summed E-state index contributed by atoms with van der Waals surface area (Å²) in [7, 11) is -4.00. The Balaban J connectivity index is 2.43. The lowest BCUT2D eigenvalue weighted by molar-refractivity contribution is -0.148. The van der Waals surface area contributed by atoms with Crippen LogP contribution in [0.15, 0.2) is 0 Å². The fraction of sp³-hybridized carbons (Fsp3) is 0.909. The molecule has 0 aromatic heterocycles. The summed E-state index contributed by atoms with van der Waals surface area (Å²) in [5.74, 6) is -0.161. The van der Waals surface area contributed by atoms with Crippen molar-refractivity contribution < 1.29 is 23.9 Å². The number of carbonyl (C=O) groups excluding carboxylic acids is 1. The van der Waals surface area contributed by atoms with E-state index in [2.05, 4.69) is 5.32 Å². The van der Waals surface area contributed by atoms with Crippen molar-refractivity contribution in [1.29, 1.82) is 0 Å². The van der Waals surface area contributed by atoms with Crippen LogP contribution in [-0.4, -0.2) is 41.1 Å². The Labute approximate surface area is 107 Å². The van der Waals surface area contributed by atoms with E-state index in [1.165, 1.54) is 0 Å². The van der Waals surface area contributed by atoms with Crippen molar-refractivity contribution in [3.63, 3.8) is 0 Å². The van der Waals surface area contributed by atoms with E-state index in [1.807, 2.05) is 13.8 Å². The molecule has 0 aromatic rings. The van der Waals surface area contributed by atoms with Gasteiger partial charge < -0.3 is 19.8 Å². The third kappa shape index (κ3) is 5.96. The molecule has 3 N–H and O–H groups in total. The Kier molecular flexibility index (Phi) is 5.79. The monoisotopic (exact) mass is 279 g/mol. The molecule has 18 heavy (non-hydrogen) atoms. The van der Waals surface area contributed by atoms with Gasteiger partial charge in [0.05, 0.1) is 12.8 Å². The average molecular weight is 279 g/mol. The molecule has 0 aromatic carbocycles. The van der Waals surface area contributed by atoms with Gasteiger partial charge in [-0.05, 0) is 31.2 Å². The Morgan fingerprint density at radius 1 is 1.50 bits per heavy atom. The second-order valence-electron chi connectivity index (χ2n) is 5.27. The molecule has 2 atom stereocenters. The summed E-state index contributed by atoms with van der Waals surface area (Å²) in [5.41, 5.74) is 0. The van der Waals surface area contributed by atoms with Gasteiger partial charge in [0.25, 0.3) is 0 Å². The topological polar surface area (TPSA) is 95.9 Å². The van der Waals surface area contributed by atoms with Crippen LogP contribution in [0.25, 0.3) is 0 Å². The normalized spacial score (nSPS) is 25.2. The lowest BCUT2D eigenvalue weighted by Gasteiger charge is -2.29. The molecule has 106 valence electrons. The molecule has 1 heterocycles. The number of rotatable bonds is 5. The third-order valence-corrected chi connectivity index (χ3v) is 3.84. The summed E-state index contributed by atoms with van der Waals surface area (Å²) >= 11 is 0. The minimum atomic E-state index is -4.00. The van der Waals surface area contributed by atoms with Crippen LogP contribution >= 0.6 is 7.60 Å². The van der Waals surface area contributed by atoms with Crippen molar-refractivity contribution in [3.05, 3.63) is 0 Å². The molecule has 0 radical (unpaired) electrons. The smallest absolute Gasteiger partial charge is 0.325 e. The van der Waals surface area contributed by atoms with Gasteiger partial charge in [-0.3, -0.25) is 9.36 Å². The van der Waals surface area contributed by atoms with Gasteiger partial charge in [0.2, 0.25) is 0 Å². The van der Waals surface area contributed by atoms with Crippen LogP contribution in [0, 0.1) is 11.8 Å². The molecule has 0 bridgehead atoms. The first-order valence-corrected chi connectivity index (χ1v) is 8.02. The Hall–Kier alpha value is -0.420. The molecule has 7 heteroatoms. The number of carbonyl (C=O) groups is 1. The zero-order valence-electron chi connectivity index (χ0n) is 10.8. The van der Waals surface area contributed by atoms with Crippen molar-refractivity contribution in [1.82, 2.24) is 5.32 Å². The standard InChI is InChI=1S/C11H22NO5P/c1-8(2)6-17-11(13)10-5-9(3-4-12-10)7-18(14,15)16/h8-10,12H,3-7H2,1-2H3,(H2,14,15,16). The molecule has 1 rings (SSSR count). The van der Waals surface area contributed by atoms with Crippen LogP contribution in [0.3, 0.4) is 0 Å². The average Bonchev–Trinajstić information content (AvgIpc) is 2.23.